The summed E-state index contributed by atoms with van der Waals surface area (Å²) in [4.78, 5) is 2.14. The van der Waals surface area contributed by atoms with E-state index in [2.05, 4.69) is 5.32 Å². The van der Waals surface area contributed by atoms with Gasteiger partial charge in [-0.2, -0.15) is 5.26 Å². The molecule has 0 aliphatic rings. The number of rotatable bonds is 3. The molecule has 1 aromatic carbocycles. The van der Waals surface area contributed by atoms with E-state index in [0.717, 1.165) is 21.9 Å². The topological polar surface area (TPSA) is 35.8 Å². The molecule has 98 valence electrons. The summed E-state index contributed by atoms with van der Waals surface area (Å²) in [6.07, 6.45) is 0. The van der Waals surface area contributed by atoms with Crippen LogP contribution in [0.3, 0.4) is 0 Å². The monoisotopic (exact) mass is 278 g/mol. The fourth-order valence-corrected chi connectivity index (χ4v) is 2.63. The third-order valence-electron chi connectivity index (χ3n) is 2.72. The quantitative estimate of drug-likeness (QED) is 0.904. The van der Waals surface area contributed by atoms with E-state index >= 15 is 0 Å². The molecule has 2 aromatic rings. The second-order valence-corrected chi connectivity index (χ2v) is 5.56. The van der Waals surface area contributed by atoms with Gasteiger partial charge in [-0.05, 0) is 38.1 Å². The van der Waals surface area contributed by atoms with Crippen molar-refractivity contribution in [3.63, 3.8) is 0 Å². The van der Waals surface area contributed by atoms with Crippen LogP contribution < -0.4 is 5.32 Å². The van der Waals surface area contributed by atoms with Gasteiger partial charge in [-0.1, -0.05) is 0 Å². The lowest BCUT2D eigenvalue weighted by Gasteiger charge is -2.15. The van der Waals surface area contributed by atoms with E-state index in [1.165, 1.54) is 0 Å². The Labute approximate surface area is 114 Å². The molecule has 19 heavy (non-hydrogen) atoms. The summed E-state index contributed by atoms with van der Waals surface area (Å²) in [6.45, 7) is 3.81. The van der Waals surface area contributed by atoms with Gasteiger partial charge >= 0.3 is 0 Å². The number of aryl methyl sites for hydroxylation is 1. The minimum atomic E-state index is -0.753. The van der Waals surface area contributed by atoms with Crippen molar-refractivity contribution in [3.8, 4) is 6.07 Å². The number of nitrogens with zero attached hydrogens (tertiary/aromatic N) is 1. The summed E-state index contributed by atoms with van der Waals surface area (Å²) in [5.74, 6) is -1.51. The van der Waals surface area contributed by atoms with Gasteiger partial charge in [0.1, 0.15) is 5.69 Å². The average Bonchev–Trinajstić information content (AvgIpc) is 2.80. The third-order valence-corrected chi connectivity index (χ3v) is 3.90. The molecule has 1 atom stereocenters. The van der Waals surface area contributed by atoms with Gasteiger partial charge in [0.2, 0.25) is 0 Å². The highest BCUT2D eigenvalue weighted by molar-refractivity contribution is 7.12. The molecule has 1 unspecified atom stereocenters. The van der Waals surface area contributed by atoms with Crippen molar-refractivity contribution in [2.75, 3.05) is 5.32 Å². The molecule has 0 saturated carbocycles. The molecule has 0 fully saturated rings. The number of nitrogens with one attached hydrogen (secondary N) is 1. The zero-order valence-electron chi connectivity index (χ0n) is 10.5. The van der Waals surface area contributed by atoms with Gasteiger partial charge < -0.3 is 5.32 Å². The van der Waals surface area contributed by atoms with Gasteiger partial charge in [0.05, 0.1) is 17.7 Å². The minimum absolute atomic E-state index is 0.0276. The molecule has 0 radical (unpaired) electrons. The first-order valence-electron chi connectivity index (χ1n) is 5.73. The Kier molecular flexibility index (Phi) is 3.82. The van der Waals surface area contributed by atoms with Crippen molar-refractivity contribution < 1.29 is 8.78 Å². The molecule has 5 heteroatoms. The number of hydrogen-bond donors (Lipinski definition) is 1. The Morgan fingerprint density at radius 3 is 2.37 bits per heavy atom. The van der Waals surface area contributed by atoms with Crippen molar-refractivity contribution in [3.05, 3.63) is 51.2 Å². The van der Waals surface area contributed by atoms with Crippen molar-refractivity contribution in [1.29, 1.82) is 5.26 Å². The van der Waals surface area contributed by atoms with Crippen LogP contribution in [0.5, 0.6) is 0 Å². The van der Waals surface area contributed by atoms with E-state index in [4.69, 9.17) is 5.26 Å². The smallest absolute Gasteiger partial charge is 0.150 e. The van der Waals surface area contributed by atoms with Gasteiger partial charge in [-0.15, -0.1) is 11.3 Å². The fourth-order valence-electron chi connectivity index (χ4n) is 1.75. The largest absolute Gasteiger partial charge is 0.373 e. The summed E-state index contributed by atoms with van der Waals surface area (Å²) in [5, 5.41) is 11.4. The highest BCUT2D eigenvalue weighted by Gasteiger charge is 2.15. The predicted molar refractivity (Wildman–Crippen MR) is 72.2 cm³/mol. The Bertz CT molecular complexity index is 620. The summed E-state index contributed by atoms with van der Waals surface area (Å²) in [6, 6.07) is 7.46. The van der Waals surface area contributed by atoms with Gasteiger partial charge in [-0.25, -0.2) is 8.78 Å². The lowest BCUT2D eigenvalue weighted by molar-refractivity contribution is 0.584. The zero-order chi connectivity index (χ0) is 14.0. The van der Waals surface area contributed by atoms with Gasteiger partial charge in [-0.3, -0.25) is 0 Å². The Morgan fingerprint density at radius 2 is 1.89 bits per heavy atom. The molecular weight excluding hydrogens is 266 g/mol. The fraction of sp³-hybridized carbons (Fsp3) is 0.214. The van der Waals surface area contributed by atoms with Crippen LogP contribution in [0.15, 0.2) is 24.3 Å². The molecule has 0 spiro atoms. The number of halogens is 2. The number of benzene rings is 1. The van der Waals surface area contributed by atoms with Crippen LogP contribution in [-0.4, -0.2) is 0 Å². The van der Waals surface area contributed by atoms with Crippen LogP contribution in [0, 0.1) is 29.9 Å². The van der Waals surface area contributed by atoms with Crippen molar-refractivity contribution in [2.24, 2.45) is 0 Å². The maximum Gasteiger partial charge on any atom is 0.150 e. The molecule has 2 rings (SSSR count). The molecule has 0 saturated heterocycles. The van der Waals surface area contributed by atoms with E-state index in [0.29, 0.717) is 0 Å². The van der Waals surface area contributed by atoms with Crippen molar-refractivity contribution >= 4 is 17.0 Å². The molecule has 1 aromatic heterocycles. The zero-order valence-corrected chi connectivity index (χ0v) is 11.3. The number of hydrogen-bond acceptors (Lipinski definition) is 3. The van der Waals surface area contributed by atoms with Gasteiger partial charge in [0.15, 0.2) is 11.6 Å². The minimum Gasteiger partial charge on any atom is -0.373 e. The molecule has 0 aliphatic carbocycles. The van der Waals surface area contributed by atoms with Crippen LogP contribution in [-0.2, 0) is 0 Å². The van der Waals surface area contributed by atoms with Gasteiger partial charge in [0.25, 0.3) is 0 Å². The highest BCUT2D eigenvalue weighted by Crippen LogP contribution is 2.28. The van der Waals surface area contributed by atoms with E-state index < -0.39 is 11.6 Å². The second kappa shape index (κ2) is 5.37. The summed E-state index contributed by atoms with van der Waals surface area (Å²) in [7, 11) is 0. The lowest BCUT2D eigenvalue weighted by atomic mass is 10.1. The van der Waals surface area contributed by atoms with Crippen LogP contribution >= 0.6 is 11.3 Å². The molecule has 1 N–H and O–H groups in total. The first-order chi connectivity index (χ1) is 9.01. The third kappa shape index (κ3) is 2.91. The number of anilines is 1. The standard InChI is InChI=1S/C14H12F2N2S/c1-8-3-4-13(19-8)9(2)18-14-11(15)5-10(7-17)6-12(14)16/h3-6,9,18H,1-2H3. The van der Waals surface area contributed by atoms with E-state index in [1.807, 2.05) is 26.0 Å². The predicted octanol–water partition coefficient (Wildman–Crippen LogP) is 4.38. The summed E-state index contributed by atoms with van der Waals surface area (Å²) < 4.78 is 27.5. The lowest BCUT2D eigenvalue weighted by Crippen LogP contribution is -2.08. The average molecular weight is 278 g/mol. The van der Waals surface area contributed by atoms with Gasteiger partial charge in [0, 0.05) is 9.75 Å². The second-order valence-electron chi connectivity index (χ2n) is 4.24. The normalized spacial score (nSPS) is 11.9. The molecular formula is C14H12F2N2S. The van der Waals surface area contributed by atoms with Crippen LogP contribution in [0.4, 0.5) is 14.5 Å². The highest BCUT2D eigenvalue weighted by atomic mass is 32.1. The first-order valence-corrected chi connectivity index (χ1v) is 6.55. The molecule has 0 amide bonds. The maximum atomic E-state index is 13.7. The maximum absolute atomic E-state index is 13.7. The van der Waals surface area contributed by atoms with Crippen molar-refractivity contribution in [1.82, 2.24) is 0 Å². The van der Waals surface area contributed by atoms with E-state index in [1.54, 1.807) is 17.4 Å². The summed E-state index contributed by atoms with van der Waals surface area (Å²) >= 11 is 1.57. The molecule has 2 nitrogen and oxygen atoms in total. The van der Waals surface area contributed by atoms with Crippen LogP contribution in [0.2, 0.25) is 0 Å². The summed E-state index contributed by atoms with van der Waals surface area (Å²) in [5.41, 5.74) is -0.224. The molecule has 1 heterocycles. The number of nitriles is 1. The molecule has 0 bridgehead atoms. The van der Waals surface area contributed by atoms with E-state index in [9.17, 15) is 8.78 Å². The SMILES string of the molecule is Cc1ccc(C(C)Nc2c(F)cc(C#N)cc2F)s1. The van der Waals surface area contributed by atoms with E-state index in [-0.39, 0.29) is 17.3 Å². The Balaban J connectivity index is 2.27. The van der Waals surface area contributed by atoms with Crippen LogP contribution in [0.1, 0.15) is 28.3 Å². The number of thiophene rings is 1. The Morgan fingerprint density at radius 1 is 1.26 bits per heavy atom. The Hall–Kier alpha value is -1.93. The first kappa shape index (κ1) is 13.5. The molecule has 0 aliphatic heterocycles. The van der Waals surface area contributed by atoms with Crippen LogP contribution in [0.25, 0.3) is 0 Å². The van der Waals surface area contributed by atoms with Crippen molar-refractivity contribution in [2.45, 2.75) is 19.9 Å².